The van der Waals surface area contributed by atoms with E-state index in [1.807, 2.05) is 18.0 Å². The summed E-state index contributed by atoms with van der Waals surface area (Å²) in [6, 6.07) is 5.63. The number of benzene rings is 1. The molecular formula is C18H27Cl3N2O. The molecule has 1 aliphatic rings. The van der Waals surface area contributed by atoms with Gasteiger partial charge in [-0.25, -0.2) is 0 Å². The monoisotopic (exact) mass is 392 g/mol. The second-order valence-electron chi connectivity index (χ2n) is 6.75. The molecule has 3 nitrogen and oxygen atoms in total. The zero-order chi connectivity index (χ0) is 17.0. The Hall–Kier alpha value is -0.480. The number of likely N-dealkylation sites (tertiary alicyclic amines) is 1. The van der Waals surface area contributed by atoms with Crippen LogP contribution in [-0.2, 0) is 11.2 Å². The van der Waals surface area contributed by atoms with Gasteiger partial charge in [-0.3, -0.25) is 4.79 Å². The lowest BCUT2D eigenvalue weighted by Gasteiger charge is -2.34. The van der Waals surface area contributed by atoms with E-state index in [2.05, 4.69) is 18.7 Å². The van der Waals surface area contributed by atoms with Gasteiger partial charge < -0.3 is 9.80 Å². The van der Waals surface area contributed by atoms with Gasteiger partial charge >= 0.3 is 0 Å². The van der Waals surface area contributed by atoms with Crippen LogP contribution in [0.15, 0.2) is 18.2 Å². The molecule has 24 heavy (non-hydrogen) atoms. The molecule has 1 aliphatic heterocycles. The third-order valence-electron chi connectivity index (χ3n) is 4.64. The highest BCUT2D eigenvalue weighted by Gasteiger charge is 2.26. The molecule has 0 spiro atoms. The van der Waals surface area contributed by atoms with Crippen molar-refractivity contribution in [2.75, 3.05) is 26.7 Å². The van der Waals surface area contributed by atoms with Gasteiger partial charge in [-0.15, -0.1) is 12.4 Å². The van der Waals surface area contributed by atoms with Crippen molar-refractivity contribution in [3.05, 3.63) is 33.8 Å². The van der Waals surface area contributed by atoms with E-state index in [1.165, 1.54) is 12.8 Å². The number of rotatable bonds is 6. The van der Waals surface area contributed by atoms with Gasteiger partial charge in [-0.1, -0.05) is 43.1 Å². The first-order chi connectivity index (χ1) is 10.9. The summed E-state index contributed by atoms with van der Waals surface area (Å²) in [5.74, 6) is 0.555. The summed E-state index contributed by atoms with van der Waals surface area (Å²) in [7, 11) is 1.92. The van der Waals surface area contributed by atoms with Gasteiger partial charge in [0.05, 0.1) is 16.5 Å². The first-order valence-electron chi connectivity index (χ1n) is 8.30. The van der Waals surface area contributed by atoms with Crippen LogP contribution in [0.3, 0.4) is 0 Å². The number of likely N-dealkylation sites (N-methyl/N-ethyl adjacent to an activating group) is 1. The van der Waals surface area contributed by atoms with Crippen molar-refractivity contribution in [3.8, 4) is 0 Å². The number of amides is 1. The zero-order valence-corrected chi connectivity index (χ0v) is 16.9. The third kappa shape index (κ3) is 5.80. The van der Waals surface area contributed by atoms with Crippen LogP contribution in [0, 0.1) is 5.92 Å². The normalized spacial score (nSPS) is 16.1. The summed E-state index contributed by atoms with van der Waals surface area (Å²) in [5.41, 5.74) is 0.903. The molecule has 0 saturated carbocycles. The standard InChI is InChI=1S/C18H26Cl2N2O.ClH/c1-13(2)17(12-22-8-4-5-9-22)21(3)18(23)11-14-6-7-15(19)16(20)10-14;/h6-7,10,13,17H,4-5,8-9,11-12H2,1-3H3;1H. The summed E-state index contributed by atoms with van der Waals surface area (Å²) in [6.07, 6.45) is 2.90. The van der Waals surface area contributed by atoms with Gasteiger partial charge in [-0.2, -0.15) is 0 Å². The Bertz CT molecular complexity index is 545. The summed E-state index contributed by atoms with van der Waals surface area (Å²) in [4.78, 5) is 17.0. The molecule has 1 fully saturated rings. The second kappa shape index (κ2) is 9.86. The number of halogens is 3. The second-order valence-corrected chi connectivity index (χ2v) is 7.56. The summed E-state index contributed by atoms with van der Waals surface area (Å²) in [6.45, 7) is 7.63. The van der Waals surface area contributed by atoms with Crippen LogP contribution in [0.25, 0.3) is 0 Å². The van der Waals surface area contributed by atoms with Crippen LogP contribution < -0.4 is 0 Å². The van der Waals surface area contributed by atoms with Gasteiger partial charge in [0.15, 0.2) is 0 Å². The Kier molecular flexibility index (Phi) is 8.86. The molecule has 1 aromatic carbocycles. The van der Waals surface area contributed by atoms with Gasteiger partial charge in [0.2, 0.25) is 5.91 Å². The van der Waals surface area contributed by atoms with Crippen molar-refractivity contribution >= 4 is 41.5 Å². The van der Waals surface area contributed by atoms with Gasteiger partial charge in [0.1, 0.15) is 0 Å². The Morgan fingerprint density at radius 2 is 1.83 bits per heavy atom. The van der Waals surface area contributed by atoms with E-state index in [0.29, 0.717) is 22.4 Å². The molecule has 1 saturated heterocycles. The molecule has 1 atom stereocenters. The molecule has 6 heteroatoms. The van der Waals surface area contributed by atoms with E-state index in [4.69, 9.17) is 23.2 Å². The van der Waals surface area contributed by atoms with Crippen molar-refractivity contribution in [3.63, 3.8) is 0 Å². The van der Waals surface area contributed by atoms with E-state index in [0.717, 1.165) is 25.2 Å². The molecule has 1 heterocycles. The number of carbonyl (C=O) groups is 1. The minimum atomic E-state index is 0. The molecule has 0 aliphatic carbocycles. The number of hydrogen-bond donors (Lipinski definition) is 0. The highest BCUT2D eigenvalue weighted by Crippen LogP contribution is 2.23. The van der Waals surface area contributed by atoms with Crippen LogP contribution in [-0.4, -0.2) is 48.4 Å². The fraction of sp³-hybridized carbons (Fsp3) is 0.611. The Balaban J connectivity index is 0.00000288. The molecule has 1 amide bonds. The lowest BCUT2D eigenvalue weighted by Crippen LogP contribution is -2.47. The number of carbonyl (C=O) groups excluding carboxylic acids is 1. The molecule has 136 valence electrons. The maximum Gasteiger partial charge on any atom is 0.227 e. The summed E-state index contributed by atoms with van der Waals surface area (Å²) >= 11 is 12.0. The number of nitrogens with zero attached hydrogens (tertiary/aromatic N) is 2. The third-order valence-corrected chi connectivity index (χ3v) is 5.38. The Morgan fingerprint density at radius 1 is 1.21 bits per heavy atom. The summed E-state index contributed by atoms with van der Waals surface area (Å²) in [5, 5.41) is 1.02. The molecule has 0 radical (unpaired) electrons. The molecule has 1 aromatic rings. The molecule has 2 rings (SSSR count). The Labute approximate surface area is 161 Å². The molecule has 1 unspecified atom stereocenters. The van der Waals surface area contributed by atoms with Crippen molar-refractivity contribution in [2.24, 2.45) is 5.92 Å². The van der Waals surface area contributed by atoms with Crippen LogP contribution in [0.4, 0.5) is 0 Å². The first-order valence-corrected chi connectivity index (χ1v) is 9.06. The lowest BCUT2D eigenvalue weighted by atomic mass is 10.0. The van der Waals surface area contributed by atoms with Crippen LogP contribution in [0.2, 0.25) is 10.0 Å². The van der Waals surface area contributed by atoms with Gasteiger partial charge in [0.25, 0.3) is 0 Å². The first kappa shape index (κ1) is 21.6. The van der Waals surface area contributed by atoms with Gasteiger partial charge in [0, 0.05) is 19.6 Å². The molecule has 0 N–H and O–H groups in total. The predicted molar refractivity (Wildman–Crippen MR) is 104 cm³/mol. The minimum absolute atomic E-state index is 0. The fourth-order valence-corrected chi connectivity index (χ4v) is 3.46. The summed E-state index contributed by atoms with van der Waals surface area (Å²) < 4.78 is 0. The highest BCUT2D eigenvalue weighted by molar-refractivity contribution is 6.42. The average molecular weight is 394 g/mol. The fourth-order valence-electron chi connectivity index (χ4n) is 3.14. The lowest BCUT2D eigenvalue weighted by molar-refractivity contribution is -0.132. The van der Waals surface area contributed by atoms with E-state index in [9.17, 15) is 4.79 Å². The van der Waals surface area contributed by atoms with E-state index < -0.39 is 0 Å². The molecular weight excluding hydrogens is 367 g/mol. The smallest absolute Gasteiger partial charge is 0.227 e. The van der Waals surface area contributed by atoms with E-state index in [-0.39, 0.29) is 24.4 Å². The highest BCUT2D eigenvalue weighted by atomic mass is 35.5. The zero-order valence-electron chi connectivity index (χ0n) is 14.6. The van der Waals surface area contributed by atoms with E-state index >= 15 is 0 Å². The quantitative estimate of drug-likeness (QED) is 0.708. The van der Waals surface area contributed by atoms with Crippen molar-refractivity contribution in [1.29, 1.82) is 0 Å². The van der Waals surface area contributed by atoms with Crippen LogP contribution in [0.1, 0.15) is 32.3 Å². The van der Waals surface area contributed by atoms with Crippen LogP contribution in [0.5, 0.6) is 0 Å². The molecule has 0 aromatic heterocycles. The van der Waals surface area contributed by atoms with Crippen molar-refractivity contribution < 1.29 is 4.79 Å². The van der Waals surface area contributed by atoms with Crippen LogP contribution >= 0.6 is 35.6 Å². The average Bonchev–Trinajstić information content (AvgIpc) is 3.00. The molecule has 0 bridgehead atoms. The maximum atomic E-state index is 12.7. The van der Waals surface area contributed by atoms with E-state index in [1.54, 1.807) is 12.1 Å². The topological polar surface area (TPSA) is 23.6 Å². The number of hydrogen-bond acceptors (Lipinski definition) is 2. The Morgan fingerprint density at radius 3 is 2.38 bits per heavy atom. The minimum Gasteiger partial charge on any atom is -0.341 e. The largest absolute Gasteiger partial charge is 0.341 e. The van der Waals surface area contributed by atoms with Crippen molar-refractivity contribution in [2.45, 2.75) is 39.2 Å². The SMILES string of the molecule is CC(C)C(CN1CCCC1)N(C)C(=O)Cc1ccc(Cl)c(Cl)c1.Cl. The van der Waals surface area contributed by atoms with Gasteiger partial charge in [-0.05, 0) is 49.5 Å². The predicted octanol–water partition coefficient (Wildman–Crippen LogP) is 4.54. The van der Waals surface area contributed by atoms with Crippen molar-refractivity contribution in [1.82, 2.24) is 9.80 Å². The maximum absolute atomic E-state index is 12.7.